The van der Waals surface area contributed by atoms with Crippen LogP contribution in [0.5, 0.6) is 0 Å². The minimum atomic E-state index is -0.331. The fourth-order valence-electron chi connectivity index (χ4n) is 1.84. The second-order valence-electron chi connectivity index (χ2n) is 5.91. The van der Waals surface area contributed by atoms with Crippen LogP contribution in [-0.4, -0.2) is 33.9 Å². The molecule has 108 valence electrons. The number of rotatable bonds is 1. The zero-order valence-corrected chi connectivity index (χ0v) is 12.4. The Morgan fingerprint density at radius 2 is 1.90 bits per heavy atom. The van der Waals surface area contributed by atoms with Crippen molar-refractivity contribution < 1.29 is 9.47 Å². The molecule has 0 spiro atoms. The van der Waals surface area contributed by atoms with E-state index in [4.69, 9.17) is 15.2 Å². The highest BCUT2D eigenvalue weighted by Gasteiger charge is 2.44. The Labute approximate surface area is 119 Å². The molecule has 1 aromatic rings. The van der Waals surface area contributed by atoms with Crippen molar-refractivity contribution >= 4 is 5.95 Å². The molecule has 1 aliphatic rings. The average Bonchev–Trinajstić information content (AvgIpc) is 2.36. The van der Waals surface area contributed by atoms with E-state index in [0.29, 0.717) is 13.0 Å². The van der Waals surface area contributed by atoms with Gasteiger partial charge in [-0.2, -0.15) is 0 Å². The zero-order valence-electron chi connectivity index (χ0n) is 12.4. The molecule has 1 aliphatic heterocycles. The van der Waals surface area contributed by atoms with Gasteiger partial charge in [-0.25, -0.2) is 9.97 Å². The van der Waals surface area contributed by atoms with Crippen LogP contribution in [0.4, 0.5) is 5.95 Å². The van der Waals surface area contributed by atoms with Crippen LogP contribution in [-0.2, 0) is 9.47 Å². The molecule has 0 amide bonds. The van der Waals surface area contributed by atoms with Gasteiger partial charge < -0.3 is 15.2 Å². The molecule has 5 nitrogen and oxygen atoms in total. The van der Waals surface area contributed by atoms with Crippen LogP contribution < -0.4 is 5.73 Å². The summed E-state index contributed by atoms with van der Waals surface area (Å²) in [5.74, 6) is 6.33. The molecule has 2 rings (SSSR count). The van der Waals surface area contributed by atoms with Gasteiger partial charge in [0.15, 0.2) is 0 Å². The summed E-state index contributed by atoms with van der Waals surface area (Å²) in [5.41, 5.74) is 5.55. The largest absolute Gasteiger partial charge is 0.370 e. The molecule has 0 aliphatic carbocycles. The summed E-state index contributed by atoms with van der Waals surface area (Å²) in [6, 6.07) is 0. The third-order valence-corrected chi connectivity index (χ3v) is 3.78. The first-order valence-corrected chi connectivity index (χ1v) is 6.68. The van der Waals surface area contributed by atoms with E-state index >= 15 is 0 Å². The molecule has 1 saturated heterocycles. The second-order valence-corrected chi connectivity index (χ2v) is 5.91. The second kappa shape index (κ2) is 5.39. The predicted molar refractivity (Wildman–Crippen MR) is 76.9 cm³/mol. The van der Waals surface area contributed by atoms with Crippen LogP contribution in [0.15, 0.2) is 12.4 Å². The van der Waals surface area contributed by atoms with Gasteiger partial charge in [0.05, 0.1) is 29.5 Å². The summed E-state index contributed by atoms with van der Waals surface area (Å²) >= 11 is 0. The van der Waals surface area contributed by atoms with Crippen molar-refractivity contribution in [1.82, 2.24) is 9.97 Å². The molecule has 0 bridgehead atoms. The summed E-state index contributed by atoms with van der Waals surface area (Å²) in [4.78, 5) is 7.79. The van der Waals surface area contributed by atoms with E-state index in [1.807, 2.05) is 27.7 Å². The predicted octanol–water partition coefficient (Wildman–Crippen LogP) is 1.77. The molecule has 5 heteroatoms. The number of ether oxygens (including phenoxy) is 2. The van der Waals surface area contributed by atoms with Crippen molar-refractivity contribution in [3.8, 4) is 11.8 Å². The quantitative estimate of drug-likeness (QED) is 0.791. The fourth-order valence-corrected chi connectivity index (χ4v) is 1.84. The summed E-state index contributed by atoms with van der Waals surface area (Å²) < 4.78 is 11.9. The van der Waals surface area contributed by atoms with Gasteiger partial charge in [-0.15, -0.1) is 0 Å². The monoisotopic (exact) mass is 275 g/mol. The minimum absolute atomic E-state index is 0.0137. The summed E-state index contributed by atoms with van der Waals surface area (Å²) in [7, 11) is 0. The minimum Gasteiger partial charge on any atom is -0.370 e. The molecule has 1 atom stereocenters. The standard InChI is InChI=1S/C15H21N3O2/c1-14(2)15(3,4)20-12(10-19-14)7-5-6-11-8-17-13(16)18-9-11/h8-9,12H,7,10H2,1-4H3,(H2,16,17,18). The lowest BCUT2D eigenvalue weighted by Crippen LogP contribution is -2.56. The van der Waals surface area contributed by atoms with Crippen LogP contribution in [0.25, 0.3) is 0 Å². The van der Waals surface area contributed by atoms with E-state index in [0.717, 1.165) is 5.56 Å². The van der Waals surface area contributed by atoms with Crippen molar-refractivity contribution in [1.29, 1.82) is 0 Å². The Balaban J connectivity index is 1.95. The third kappa shape index (κ3) is 3.27. The first-order chi connectivity index (χ1) is 9.30. The molecule has 1 unspecified atom stereocenters. The third-order valence-electron chi connectivity index (χ3n) is 3.78. The Morgan fingerprint density at radius 1 is 1.25 bits per heavy atom. The Bertz CT molecular complexity index is 526. The molecule has 20 heavy (non-hydrogen) atoms. The van der Waals surface area contributed by atoms with Gasteiger partial charge in [0.1, 0.15) is 0 Å². The number of hydrogen-bond acceptors (Lipinski definition) is 5. The topological polar surface area (TPSA) is 70.3 Å². The van der Waals surface area contributed by atoms with E-state index in [-0.39, 0.29) is 23.3 Å². The van der Waals surface area contributed by atoms with Gasteiger partial charge in [-0.1, -0.05) is 11.8 Å². The number of nitrogens with two attached hydrogens (primary N) is 1. The van der Waals surface area contributed by atoms with Gasteiger partial charge in [-0.05, 0) is 27.7 Å². The molecule has 2 N–H and O–H groups in total. The summed E-state index contributed by atoms with van der Waals surface area (Å²) in [6.45, 7) is 8.73. The van der Waals surface area contributed by atoms with Crippen LogP contribution in [0.3, 0.4) is 0 Å². The van der Waals surface area contributed by atoms with E-state index < -0.39 is 0 Å². The van der Waals surface area contributed by atoms with Gasteiger partial charge in [0, 0.05) is 18.8 Å². The smallest absolute Gasteiger partial charge is 0.219 e. The van der Waals surface area contributed by atoms with E-state index in [1.54, 1.807) is 12.4 Å². The zero-order chi connectivity index (χ0) is 14.8. The number of anilines is 1. The number of nitrogens with zero attached hydrogens (tertiary/aromatic N) is 2. The average molecular weight is 275 g/mol. The SMILES string of the molecule is CC1(C)OCC(CC#Cc2cnc(N)nc2)OC1(C)C. The molecule has 2 heterocycles. The number of nitrogen functional groups attached to an aromatic ring is 1. The molecule has 0 radical (unpaired) electrons. The maximum Gasteiger partial charge on any atom is 0.219 e. The lowest BCUT2D eigenvalue weighted by molar-refractivity contribution is -0.260. The van der Waals surface area contributed by atoms with Crippen molar-refractivity contribution in [3.05, 3.63) is 18.0 Å². The van der Waals surface area contributed by atoms with Crippen molar-refractivity contribution in [3.63, 3.8) is 0 Å². The number of aromatic nitrogens is 2. The van der Waals surface area contributed by atoms with Crippen LogP contribution in [0, 0.1) is 11.8 Å². The normalized spacial score (nSPS) is 23.7. The van der Waals surface area contributed by atoms with Crippen molar-refractivity contribution in [2.24, 2.45) is 0 Å². The molecular weight excluding hydrogens is 254 g/mol. The Kier molecular flexibility index (Phi) is 3.98. The van der Waals surface area contributed by atoms with Gasteiger partial charge in [0.25, 0.3) is 0 Å². The van der Waals surface area contributed by atoms with E-state index in [9.17, 15) is 0 Å². The van der Waals surface area contributed by atoms with Crippen molar-refractivity contribution in [2.45, 2.75) is 51.4 Å². The molecule has 1 fully saturated rings. The fraction of sp³-hybridized carbons (Fsp3) is 0.600. The highest BCUT2D eigenvalue weighted by Crippen LogP contribution is 2.34. The van der Waals surface area contributed by atoms with Crippen LogP contribution in [0.2, 0.25) is 0 Å². The molecule has 0 aromatic carbocycles. The molecule has 1 aromatic heterocycles. The summed E-state index contributed by atoms with van der Waals surface area (Å²) in [6.07, 6.45) is 3.82. The van der Waals surface area contributed by atoms with Crippen LogP contribution >= 0.6 is 0 Å². The maximum atomic E-state index is 6.07. The maximum absolute atomic E-state index is 6.07. The highest BCUT2D eigenvalue weighted by molar-refractivity contribution is 5.32. The summed E-state index contributed by atoms with van der Waals surface area (Å²) in [5, 5.41) is 0. The van der Waals surface area contributed by atoms with Gasteiger partial charge in [-0.3, -0.25) is 0 Å². The molecular formula is C15H21N3O2. The van der Waals surface area contributed by atoms with E-state index in [1.165, 1.54) is 0 Å². The first kappa shape index (κ1) is 14.8. The van der Waals surface area contributed by atoms with Gasteiger partial charge >= 0.3 is 0 Å². The van der Waals surface area contributed by atoms with Crippen LogP contribution in [0.1, 0.15) is 39.7 Å². The van der Waals surface area contributed by atoms with Crippen molar-refractivity contribution in [2.75, 3.05) is 12.3 Å². The highest BCUT2D eigenvalue weighted by atomic mass is 16.6. The lowest BCUT2D eigenvalue weighted by Gasteiger charge is -2.47. The Hall–Kier alpha value is -1.64. The first-order valence-electron chi connectivity index (χ1n) is 6.68. The van der Waals surface area contributed by atoms with E-state index in [2.05, 4.69) is 21.8 Å². The lowest BCUT2D eigenvalue weighted by atomic mass is 9.87. The molecule has 0 saturated carbocycles. The van der Waals surface area contributed by atoms with Gasteiger partial charge in [0.2, 0.25) is 5.95 Å². The Morgan fingerprint density at radius 3 is 2.50 bits per heavy atom. The number of hydrogen-bond donors (Lipinski definition) is 1.